The summed E-state index contributed by atoms with van der Waals surface area (Å²) in [5, 5.41) is 0. The Labute approximate surface area is 321 Å². The summed E-state index contributed by atoms with van der Waals surface area (Å²) in [6.07, 6.45) is 14.8. The van der Waals surface area contributed by atoms with Crippen LogP contribution in [0.15, 0.2) is 175 Å². The van der Waals surface area contributed by atoms with E-state index in [1.807, 2.05) is 0 Å². The van der Waals surface area contributed by atoms with Crippen molar-refractivity contribution in [2.24, 2.45) is 0 Å². The van der Waals surface area contributed by atoms with Gasteiger partial charge in [-0.05, 0) is 142 Å². The smallest absolute Gasteiger partial charge is 0.0465 e. The summed E-state index contributed by atoms with van der Waals surface area (Å²) < 4.78 is 0. The fourth-order valence-corrected chi connectivity index (χ4v) is 8.91. The highest BCUT2D eigenvalue weighted by Crippen LogP contribution is 2.50. The van der Waals surface area contributed by atoms with Crippen LogP contribution in [-0.4, -0.2) is 0 Å². The lowest BCUT2D eigenvalue weighted by molar-refractivity contribution is 0.660. The molecule has 0 spiro atoms. The molecule has 6 aromatic rings. The first-order valence-electron chi connectivity index (χ1n) is 19.5. The lowest BCUT2D eigenvalue weighted by Crippen LogP contribution is -2.16. The molecule has 1 atom stereocenters. The molecular weight excluding hydrogens is 651 g/mol. The molecule has 3 aliphatic rings. The molecule has 1 nitrogen and oxygen atoms in total. The van der Waals surface area contributed by atoms with Gasteiger partial charge in [-0.3, -0.25) is 0 Å². The molecule has 0 fully saturated rings. The van der Waals surface area contributed by atoms with Crippen LogP contribution in [0.4, 0.5) is 17.1 Å². The predicted molar refractivity (Wildman–Crippen MR) is 231 cm³/mol. The fraction of sp³-hybridized carbons (Fsp3) is 0.170. The molecule has 1 unspecified atom stereocenters. The maximum Gasteiger partial charge on any atom is 0.0465 e. The van der Waals surface area contributed by atoms with Gasteiger partial charge in [-0.1, -0.05) is 147 Å². The third-order valence-electron chi connectivity index (χ3n) is 12.0. The highest BCUT2D eigenvalue weighted by molar-refractivity contribution is 5.86. The van der Waals surface area contributed by atoms with Gasteiger partial charge < -0.3 is 4.90 Å². The van der Waals surface area contributed by atoms with E-state index in [9.17, 15) is 0 Å². The molecule has 0 aromatic heterocycles. The van der Waals surface area contributed by atoms with Crippen molar-refractivity contribution in [3.63, 3.8) is 0 Å². The average Bonchev–Trinajstić information content (AvgIpc) is 3.45. The second-order valence-electron chi connectivity index (χ2n) is 15.7. The minimum Gasteiger partial charge on any atom is -0.310 e. The van der Waals surface area contributed by atoms with Crippen LogP contribution in [0.1, 0.15) is 79.3 Å². The number of hydrogen-bond acceptors (Lipinski definition) is 1. The molecular formula is C53H47N. The lowest BCUT2D eigenvalue weighted by atomic mass is 9.81. The number of fused-ring (bicyclic) bond motifs is 3. The van der Waals surface area contributed by atoms with Gasteiger partial charge in [-0.25, -0.2) is 0 Å². The van der Waals surface area contributed by atoms with Gasteiger partial charge >= 0.3 is 0 Å². The quantitative estimate of drug-likeness (QED) is 0.160. The van der Waals surface area contributed by atoms with Gasteiger partial charge in [0.05, 0.1) is 0 Å². The highest BCUT2D eigenvalue weighted by atomic mass is 15.1. The Hall–Kier alpha value is -5.92. The van der Waals surface area contributed by atoms with Crippen LogP contribution in [0.3, 0.4) is 0 Å². The zero-order valence-corrected chi connectivity index (χ0v) is 31.8. The summed E-state index contributed by atoms with van der Waals surface area (Å²) >= 11 is 0. The van der Waals surface area contributed by atoms with E-state index in [0.717, 1.165) is 30.6 Å². The molecule has 0 bridgehead atoms. The monoisotopic (exact) mass is 697 g/mol. The molecule has 6 aromatic carbocycles. The summed E-state index contributed by atoms with van der Waals surface area (Å²) in [5.74, 6) is 0.371. The number of rotatable bonds is 7. The Morgan fingerprint density at radius 3 is 1.85 bits per heavy atom. The zero-order valence-electron chi connectivity index (χ0n) is 31.8. The molecule has 1 heteroatoms. The van der Waals surface area contributed by atoms with Crippen molar-refractivity contribution in [2.75, 3.05) is 4.90 Å². The van der Waals surface area contributed by atoms with E-state index in [4.69, 9.17) is 0 Å². The third-order valence-corrected chi connectivity index (χ3v) is 12.0. The van der Waals surface area contributed by atoms with E-state index in [0.29, 0.717) is 5.92 Å². The summed E-state index contributed by atoms with van der Waals surface area (Å²) in [6.45, 7) is 9.18. The molecule has 0 heterocycles. The summed E-state index contributed by atoms with van der Waals surface area (Å²) in [6, 6.07) is 52.2. The first-order chi connectivity index (χ1) is 26.3. The van der Waals surface area contributed by atoms with Crippen LogP contribution >= 0.6 is 0 Å². The molecule has 0 saturated heterocycles. The Morgan fingerprint density at radius 1 is 0.556 bits per heavy atom. The molecule has 0 amide bonds. The van der Waals surface area contributed by atoms with Gasteiger partial charge in [0.1, 0.15) is 0 Å². The van der Waals surface area contributed by atoms with Gasteiger partial charge in [0.15, 0.2) is 0 Å². The topological polar surface area (TPSA) is 3.24 Å². The summed E-state index contributed by atoms with van der Waals surface area (Å²) in [4.78, 5) is 2.41. The molecule has 3 aliphatic carbocycles. The van der Waals surface area contributed by atoms with E-state index >= 15 is 0 Å². The van der Waals surface area contributed by atoms with Gasteiger partial charge in [0.2, 0.25) is 0 Å². The van der Waals surface area contributed by atoms with E-state index in [-0.39, 0.29) is 5.41 Å². The Balaban J connectivity index is 1.02. The highest BCUT2D eigenvalue weighted by Gasteiger charge is 2.35. The Kier molecular flexibility index (Phi) is 8.67. The first kappa shape index (κ1) is 33.9. The SMILES string of the molecule is CC1=C(c2ccccc2C)CC(c2ccc(-c3ccc(N(c4ccc(C5=CCCC=C5)cc4)c4ccc5c(c4)C(C)(C)c4ccccc4-5)cc3)cc2)C=C1. The second-order valence-corrected chi connectivity index (χ2v) is 15.7. The van der Waals surface area contributed by atoms with E-state index in [1.54, 1.807) is 0 Å². The van der Waals surface area contributed by atoms with Gasteiger partial charge in [0.25, 0.3) is 0 Å². The number of benzene rings is 6. The Bertz CT molecular complexity index is 2480. The maximum absolute atomic E-state index is 2.42. The van der Waals surface area contributed by atoms with Gasteiger partial charge in [-0.15, -0.1) is 0 Å². The predicted octanol–water partition coefficient (Wildman–Crippen LogP) is 14.7. The number of allylic oxidation sites excluding steroid dienone is 8. The summed E-state index contributed by atoms with van der Waals surface area (Å²) in [5.41, 5.74) is 20.8. The molecule has 0 radical (unpaired) electrons. The molecule has 0 N–H and O–H groups in total. The standard InChI is InChI=1S/C53H47N/c1-36-12-8-9-15-47(36)50-34-43(19-18-37(50)2)42-22-20-39(21-23-42)41-26-30-45(31-27-41)54(44-28-24-40(25-29-44)38-13-6-5-7-14-38)46-32-33-49-48-16-10-11-17-51(48)53(3,4)52(49)35-46/h6,8-33,35,43H,5,7,34H2,1-4H3. The van der Waals surface area contributed by atoms with Crippen LogP contribution in [0, 0.1) is 6.92 Å². The molecule has 9 rings (SSSR count). The zero-order chi connectivity index (χ0) is 36.8. The van der Waals surface area contributed by atoms with E-state index in [2.05, 4.69) is 203 Å². The van der Waals surface area contributed by atoms with Crippen molar-refractivity contribution < 1.29 is 0 Å². The second kappa shape index (κ2) is 13.8. The van der Waals surface area contributed by atoms with Crippen LogP contribution in [0.5, 0.6) is 0 Å². The van der Waals surface area contributed by atoms with Crippen LogP contribution in [-0.2, 0) is 5.41 Å². The maximum atomic E-state index is 2.42. The lowest BCUT2D eigenvalue weighted by Gasteiger charge is -2.28. The fourth-order valence-electron chi connectivity index (χ4n) is 8.91. The molecule has 0 aliphatic heterocycles. The largest absolute Gasteiger partial charge is 0.310 e. The number of nitrogens with zero attached hydrogens (tertiary/aromatic N) is 1. The van der Waals surface area contributed by atoms with Crippen molar-refractivity contribution in [3.05, 3.63) is 209 Å². The number of hydrogen-bond donors (Lipinski definition) is 0. The van der Waals surface area contributed by atoms with Crippen LogP contribution in [0.25, 0.3) is 33.4 Å². The summed E-state index contributed by atoms with van der Waals surface area (Å²) in [7, 11) is 0. The average molecular weight is 698 g/mol. The Morgan fingerprint density at radius 2 is 1.17 bits per heavy atom. The van der Waals surface area contributed by atoms with Gasteiger partial charge in [0, 0.05) is 28.4 Å². The van der Waals surface area contributed by atoms with Crippen molar-refractivity contribution >= 4 is 28.2 Å². The molecule has 0 saturated carbocycles. The minimum absolute atomic E-state index is 0.0716. The number of aryl methyl sites for hydroxylation is 1. The van der Waals surface area contributed by atoms with Crippen molar-refractivity contribution in [1.82, 2.24) is 0 Å². The van der Waals surface area contributed by atoms with Gasteiger partial charge in [-0.2, -0.15) is 0 Å². The van der Waals surface area contributed by atoms with E-state index in [1.165, 1.54) is 78.0 Å². The van der Waals surface area contributed by atoms with Crippen LogP contribution in [0.2, 0.25) is 0 Å². The normalized spacial score (nSPS) is 16.9. The first-order valence-corrected chi connectivity index (χ1v) is 19.5. The van der Waals surface area contributed by atoms with Crippen LogP contribution < -0.4 is 4.90 Å². The minimum atomic E-state index is -0.0716. The third kappa shape index (κ3) is 6.08. The van der Waals surface area contributed by atoms with E-state index < -0.39 is 0 Å². The van der Waals surface area contributed by atoms with Crippen molar-refractivity contribution in [2.45, 2.75) is 58.3 Å². The van der Waals surface area contributed by atoms with Crippen molar-refractivity contribution in [1.29, 1.82) is 0 Å². The molecule has 264 valence electrons. The van der Waals surface area contributed by atoms with Crippen molar-refractivity contribution in [3.8, 4) is 22.3 Å². The molecule has 54 heavy (non-hydrogen) atoms. The number of anilines is 3.